The van der Waals surface area contributed by atoms with E-state index in [2.05, 4.69) is 5.32 Å². The van der Waals surface area contributed by atoms with Crippen LogP contribution < -0.4 is 5.32 Å². The Bertz CT molecular complexity index is 349. The summed E-state index contributed by atoms with van der Waals surface area (Å²) in [7, 11) is 0. The molecule has 0 aliphatic carbocycles. The molecule has 0 bridgehead atoms. The van der Waals surface area contributed by atoms with Crippen LogP contribution >= 0.6 is 0 Å². The van der Waals surface area contributed by atoms with E-state index in [0.717, 1.165) is 0 Å². The summed E-state index contributed by atoms with van der Waals surface area (Å²) in [4.78, 5) is 9.97. The normalized spacial score (nSPS) is 12.8. The molecule has 88 valence electrons. The first-order chi connectivity index (χ1) is 7.50. The zero-order chi connectivity index (χ0) is 12.1. The number of nitro benzene ring substituents is 1. The number of aliphatic hydroxyl groups is 1. The summed E-state index contributed by atoms with van der Waals surface area (Å²) < 4.78 is 0. The van der Waals surface area contributed by atoms with E-state index >= 15 is 0 Å². The maximum atomic E-state index is 10.4. The van der Waals surface area contributed by atoms with Gasteiger partial charge in [-0.15, -0.1) is 0 Å². The van der Waals surface area contributed by atoms with Crippen LogP contribution in [-0.4, -0.2) is 22.6 Å². The Morgan fingerprint density at radius 1 is 1.38 bits per heavy atom. The molecule has 0 radical (unpaired) electrons. The minimum Gasteiger partial charge on any atom is -0.387 e. The van der Waals surface area contributed by atoms with Crippen molar-refractivity contribution < 1.29 is 10.0 Å². The number of aliphatic hydroxyl groups excluding tert-OH is 1. The molecule has 16 heavy (non-hydrogen) atoms. The van der Waals surface area contributed by atoms with Crippen LogP contribution in [0.2, 0.25) is 0 Å². The molecule has 0 fully saturated rings. The third-order valence-electron chi connectivity index (χ3n) is 2.21. The minimum atomic E-state index is -0.636. The second-order valence-corrected chi connectivity index (χ2v) is 3.93. The van der Waals surface area contributed by atoms with Crippen molar-refractivity contribution in [2.45, 2.75) is 26.0 Å². The van der Waals surface area contributed by atoms with Gasteiger partial charge in [-0.3, -0.25) is 10.1 Å². The standard InChI is InChI=1S/C11H16N2O3/c1-8(2)12-7-11(14)9-3-5-10(6-4-9)13(15)16/h3-6,8,11-12,14H,7H2,1-2H3/t11-/m0/s1. The van der Waals surface area contributed by atoms with Crippen LogP contribution in [0, 0.1) is 10.1 Å². The van der Waals surface area contributed by atoms with Crippen molar-refractivity contribution in [3.05, 3.63) is 39.9 Å². The lowest BCUT2D eigenvalue weighted by Gasteiger charge is -2.14. The van der Waals surface area contributed by atoms with Crippen LogP contribution in [-0.2, 0) is 0 Å². The van der Waals surface area contributed by atoms with E-state index in [0.29, 0.717) is 18.2 Å². The van der Waals surface area contributed by atoms with Crippen molar-refractivity contribution in [3.8, 4) is 0 Å². The van der Waals surface area contributed by atoms with Gasteiger partial charge in [-0.2, -0.15) is 0 Å². The third kappa shape index (κ3) is 3.60. The molecule has 1 rings (SSSR count). The molecule has 0 spiro atoms. The zero-order valence-corrected chi connectivity index (χ0v) is 9.38. The Labute approximate surface area is 94.3 Å². The molecule has 0 saturated carbocycles. The van der Waals surface area contributed by atoms with Crippen LogP contribution in [0.15, 0.2) is 24.3 Å². The molecule has 1 atom stereocenters. The Morgan fingerprint density at radius 3 is 2.38 bits per heavy atom. The molecule has 1 aromatic rings. The lowest BCUT2D eigenvalue weighted by Crippen LogP contribution is -2.27. The lowest BCUT2D eigenvalue weighted by molar-refractivity contribution is -0.384. The second-order valence-electron chi connectivity index (χ2n) is 3.93. The number of rotatable bonds is 5. The highest BCUT2D eigenvalue weighted by Crippen LogP contribution is 2.17. The maximum absolute atomic E-state index is 10.4. The van der Waals surface area contributed by atoms with E-state index in [-0.39, 0.29) is 5.69 Å². The minimum absolute atomic E-state index is 0.0350. The van der Waals surface area contributed by atoms with Gasteiger partial charge in [0.15, 0.2) is 0 Å². The van der Waals surface area contributed by atoms with Gasteiger partial charge in [0.25, 0.3) is 5.69 Å². The first-order valence-electron chi connectivity index (χ1n) is 5.16. The third-order valence-corrected chi connectivity index (χ3v) is 2.21. The fourth-order valence-electron chi connectivity index (χ4n) is 1.28. The number of nitrogens with zero attached hydrogens (tertiary/aromatic N) is 1. The Morgan fingerprint density at radius 2 is 1.94 bits per heavy atom. The van der Waals surface area contributed by atoms with Crippen LogP contribution in [0.25, 0.3) is 0 Å². The fraction of sp³-hybridized carbons (Fsp3) is 0.455. The predicted octanol–water partition coefficient (Wildman–Crippen LogP) is 1.63. The van der Waals surface area contributed by atoms with Gasteiger partial charge in [0, 0.05) is 24.7 Å². The summed E-state index contributed by atoms with van der Waals surface area (Å²) in [6.07, 6.45) is -0.636. The van der Waals surface area contributed by atoms with Crippen molar-refractivity contribution in [1.82, 2.24) is 5.32 Å². The predicted molar refractivity (Wildman–Crippen MR) is 61.2 cm³/mol. The van der Waals surface area contributed by atoms with Crippen molar-refractivity contribution in [1.29, 1.82) is 0 Å². The molecule has 0 aliphatic rings. The van der Waals surface area contributed by atoms with Gasteiger partial charge in [0.1, 0.15) is 0 Å². The first-order valence-corrected chi connectivity index (χ1v) is 5.16. The summed E-state index contributed by atoms with van der Waals surface area (Å²) in [5.74, 6) is 0. The van der Waals surface area contributed by atoms with E-state index in [1.165, 1.54) is 12.1 Å². The highest BCUT2D eigenvalue weighted by Gasteiger charge is 2.10. The van der Waals surface area contributed by atoms with E-state index in [4.69, 9.17) is 0 Å². The van der Waals surface area contributed by atoms with E-state index in [9.17, 15) is 15.2 Å². The first kappa shape index (κ1) is 12.6. The average molecular weight is 224 g/mol. The number of hydrogen-bond acceptors (Lipinski definition) is 4. The van der Waals surface area contributed by atoms with Crippen LogP contribution in [0.4, 0.5) is 5.69 Å². The maximum Gasteiger partial charge on any atom is 0.269 e. The van der Waals surface area contributed by atoms with Gasteiger partial charge >= 0.3 is 0 Å². The van der Waals surface area contributed by atoms with Gasteiger partial charge in [0.05, 0.1) is 11.0 Å². The number of nitro groups is 1. The van der Waals surface area contributed by atoms with Crippen molar-refractivity contribution >= 4 is 5.69 Å². The van der Waals surface area contributed by atoms with Gasteiger partial charge < -0.3 is 10.4 Å². The molecule has 5 nitrogen and oxygen atoms in total. The summed E-state index contributed by atoms with van der Waals surface area (Å²) in [5.41, 5.74) is 0.714. The highest BCUT2D eigenvalue weighted by molar-refractivity contribution is 5.33. The van der Waals surface area contributed by atoms with Crippen LogP contribution in [0.5, 0.6) is 0 Å². The molecule has 0 saturated heterocycles. The number of benzene rings is 1. The number of hydrogen-bond donors (Lipinski definition) is 2. The molecule has 0 heterocycles. The summed E-state index contributed by atoms with van der Waals surface area (Å²) in [5, 5.41) is 23.3. The molecular weight excluding hydrogens is 208 g/mol. The van der Waals surface area contributed by atoms with Crippen molar-refractivity contribution in [3.63, 3.8) is 0 Å². The zero-order valence-electron chi connectivity index (χ0n) is 9.38. The van der Waals surface area contributed by atoms with E-state index < -0.39 is 11.0 Å². The quantitative estimate of drug-likeness (QED) is 0.588. The molecule has 1 aromatic carbocycles. The van der Waals surface area contributed by atoms with Gasteiger partial charge in [-0.25, -0.2) is 0 Å². The molecule has 0 aliphatic heterocycles. The van der Waals surface area contributed by atoms with E-state index in [1.54, 1.807) is 12.1 Å². The Hall–Kier alpha value is -1.46. The van der Waals surface area contributed by atoms with Gasteiger partial charge in [-0.05, 0) is 17.7 Å². The Balaban J connectivity index is 2.63. The van der Waals surface area contributed by atoms with Crippen molar-refractivity contribution in [2.24, 2.45) is 0 Å². The molecular formula is C11H16N2O3. The summed E-state index contributed by atoms with van der Waals surface area (Å²) >= 11 is 0. The molecule has 0 amide bonds. The van der Waals surface area contributed by atoms with E-state index in [1.807, 2.05) is 13.8 Å². The largest absolute Gasteiger partial charge is 0.387 e. The molecule has 5 heteroatoms. The van der Waals surface area contributed by atoms with Gasteiger partial charge in [0.2, 0.25) is 0 Å². The Kier molecular flexibility index (Phi) is 4.39. The highest BCUT2D eigenvalue weighted by atomic mass is 16.6. The van der Waals surface area contributed by atoms with Crippen LogP contribution in [0.1, 0.15) is 25.5 Å². The molecule has 2 N–H and O–H groups in total. The molecule has 0 unspecified atom stereocenters. The monoisotopic (exact) mass is 224 g/mol. The molecule has 0 aromatic heterocycles. The summed E-state index contributed by atoms with van der Waals surface area (Å²) in [6.45, 7) is 4.42. The van der Waals surface area contributed by atoms with Gasteiger partial charge in [-0.1, -0.05) is 13.8 Å². The topological polar surface area (TPSA) is 75.4 Å². The number of non-ortho nitro benzene ring substituents is 1. The SMILES string of the molecule is CC(C)NC[C@H](O)c1ccc([N+](=O)[O-])cc1. The lowest BCUT2D eigenvalue weighted by atomic mass is 10.1. The fourth-order valence-corrected chi connectivity index (χ4v) is 1.28. The average Bonchev–Trinajstić information content (AvgIpc) is 2.26. The number of nitrogens with one attached hydrogen (secondary N) is 1. The van der Waals surface area contributed by atoms with Crippen molar-refractivity contribution in [2.75, 3.05) is 6.54 Å². The van der Waals surface area contributed by atoms with Crippen LogP contribution in [0.3, 0.4) is 0 Å². The smallest absolute Gasteiger partial charge is 0.269 e. The second kappa shape index (κ2) is 5.58. The summed E-state index contributed by atoms with van der Waals surface area (Å²) in [6, 6.07) is 6.24.